The lowest BCUT2D eigenvalue weighted by Crippen LogP contribution is -2.44. The summed E-state index contributed by atoms with van der Waals surface area (Å²) in [5, 5.41) is 58.0. The van der Waals surface area contributed by atoms with Crippen LogP contribution in [0.3, 0.4) is 0 Å². The summed E-state index contributed by atoms with van der Waals surface area (Å²) in [5.41, 5.74) is 2.57. The van der Waals surface area contributed by atoms with Crippen LogP contribution in [0.2, 0.25) is 0 Å². The Kier molecular flexibility index (Phi) is 10.6. The van der Waals surface area contributed by atoms with E-state index < -0.39 is 29.8 Å². The smallest absolute Gasteiger partial charge is 0.343 e. The fourth-order valence-corrected chi connectivity index (χ4v) is 6.37. The molecule has 3 aromatic heterocycles. The molecule has 50 heavy (non-hydrogen) atoms. The largest absolute Gasteiger partial charge is 0.487 e. The topological polar surface area (TPSA) is 221 Å². The summed E-state index contributed by atoms with van der Waals surface area (Å²) < 4.78 is 25.6. The summed E-state index contributed by atoms with van der Waals surface area (Å²) in [6.07, 6.45) is 0.765. The molecule has 0 saturated carbocycles. The van der Waals surface area contributed by atoms with Gasteiger partial charge in [0, 0.05) is 16.5 Å². The van der Waals surface area contributed by atoms with Gasteiger partial charge in [0.05, 0.1) is 74.9 Å². The van der Waals surface area contributed by atoms with Crippen molar-refractivity contribution in [1.82, 2.24) is 24.5 Å². The van der Waals surface area contributed by atoms with E-state index in [1.165, 1.54) is 4.68 Å². The van der Waals surface area contributed by atoms with Gasteiger partial charge < -0.3 is 49.0 Å². The van der Waals surface area contributed by atoms with Crippen LogP contribution in [0.4, 0.5) is 0 Å². The molecule has 5 heterocycles. The van der Waals surface area contributed by atoms with Crippen molar-refractivity contribution >= 4 is 16.9 Å². The average molecular weight is 696 g/mol. The van der Waals surface area contributed by atoms with E-state index in [4.69, 9.17) is 23.9 Å². The minimum Gasteiger partial charge on any atom is -0.487 e. The monoisotopic (exact) mass is 695 g/mol. The van der Waals surface area contributed by atoms with Gasteiger partial charge >= 0.3 is 5.97 Å². The molecule has 6 rings (SSSR count). The number of benzene rings is 1. The zero-order chi connectivity index (χ0) is 35.6. The van der Waals surface area contributed by atoms with Crippen molar-refractivity contribution in [3.05, 3.63) is 68.8 Å². The summed E-state index contributed by atoms with van der Waals surface area (Å²) in [5.74, 6) is -0.210. The second-order valence-electron chi connectivity index (χ2n) is 12.3. The predicted molar refractivity (Wildman–Crippen MR) is 175 cm³/mol. The minimum atomic E-state index is -1.90. The van der Waals surface area contributed by atoms with Crippen molar-refractivity contribution in [2.45, 2.75) is 70.3 Å². The highest BCUT2D eigenvalue weighted by atomic mass is 16.6. The number of aromatic nitrogens is 5. The lowest BCUT2D eigenvalue weighted by Gasteiger charge is -2.31. The normalized spacial score (nSPS) is 16.7. The maximum Gasteiger partial charge on any atom is 0.343 e. The molecule has 1 aromatic carbocycles. The van der Waals surface area contributed by atoms with Gasteiger partial charge in [0.2, 0.25) is 0 Å². The Hall–Kier alpha value is -4.29. The lowest BCUT2D eigenvalue weighted by molar-refractivity contribution is -0.172. The second-order valence-corrected chi connectivity index (χ2v) is 12.3. The van der Waals surface area contributed by atoms with E-state index in [0.717, 1.165) is 16.5 Å². The summed E-state index contributed by atoms with van der Waals surface area (Å²) in [7, 11) is 0. The summed E-state index contributed by atoms with van der Waals surface area (Å²) in [6, 6.07) is 6.66. The van der Waals surface area contributed by atoms with Crippen LogP contribution in [0.15, 0.2) is 35.3 Å². The van der Waals surface area contributed by atoms with E-state index in [1.807, 2.05) is 19.1 Å². The first-order valence-electron chi connectivity index (χ1n) is 16.5. The molecule has 2 aliphatic rings. The zero-order valence-corrected chi connectivity index (χ0v) is 27.8. The third kappa shape index (κ3) is 6.51. The highest BCUT2D eigenvalue weighted by Gasteiger charge is 2.45. The molecule has 0 saturated heterocycles. The second kappa shape index (κ2) is 14.9. The molecular formula is C34H41N5O11. The van der Waals surface area contributed by atoms with Crippen LogP contribution < -0.4 is 10.3 Å². The number of fused-ring (bicyclic) bond motifs is 5. The van der Waals surface area contributed by atoms with Crippen molar-refractivity contribution in [1.29, 1.82) is 0 Å². The number of aliphatic hydroxyl groups is 5. The number of nitrogens with zero attached hydrogens (tertiary/aromatic N) is 5. The number of carbonyl (C=O) groups is 1. The van der Waals surface area contributed by atoms with Gasteiger partial charge in [-0.3, -0.25) is 4.79 Å². The van der Waals surface area contributed by atoms with Gasteiger partial charge in [-0.05, 0) is 42.7 Å². The Bertz CT molecular complexity index is 1900. The third-order valence-electron chi connectivity index (χ3n) is 9.31. The molecule has 4 aromatic rings. The standard InChI is InChI=1S/C34H41N5O11/c1-3-24-25-7-21(47-15-19-9-39(37-36-19)20(16-48-22(11-40)12-41)17-49-23(13-42)14-43)5-6-29(25)35-31-26(24)10-38-30(31)8-28-27(32(38)44)18-50-33(45)34(28,46)4-2/h5-9,20,22-23,40-43,46H,3-4,10-18H2,1-2H3/t34-/m1/s1. The molecule has 5 N–H and O–H groups in total. The Labute approximate surface area is 286 Å². The predicted octanol–water partition coefficient (Wildman–Crippen LogP) is 0.0932. The quantitative estimate of drug-likeness (QED) is 0.0865. The molecule has 16 heteroatoms. The number of pyridine rings is 2. The molecule has 16 nitrogen and oxygen atoms in total. The van der Waals surface area contributed by atoms with E-state index in [0.29, 0.717) is 41.3 Å². The van der Waals surface area contributed by atoms with Gasteiger partial charge in [-0.15, -0.1) is 5.10 Å². The minimum absolute atomic E-state index is 0.00477. The van der Waals surface area contributed by atoms with Gasteiger partial charge in [-0.2, -0.15) is 0 Å². The summed E-state index contributed by atoms with van der Waals surface area (Å²) >= 11 is 0. The van der Waals surface area contributed by atoms with Gasteiger partial charge in [0.15, 0.2) is 5.60 Å². The number of esters is 1. The molecule has 0 aliphatic carbocycles. The van der Waals surface area contributed by atoms with Crippen LogP contribution in [0.5, 0.6) is 5.75 Å². The van der Waals surface area contributed by atoms with Gasteiger partial charge in [-0.1, -0.05) is 19.1 Å². The van der Waals surface area contributed by atoms with Crippen molar-refractivity contribution in [3.63, 3.8) is 0 Å². The number of aryl methyl sites for hydroxylation is 1. The van der Waals surface area contributed by atoms with Crippen LogP contribution in [0.1, 0.15) is 54.3 Å². The fraction of sp³-hybridized carbons (Fsp3) is 0.500. The molecule has 0 radical (unpaired) electrons. The molecule has 0 unspecified atom stereocenters. The van der Waals surface area contributed by atoms with Crippen molar-refractivity contribution in [2.75, 3.05) is 39.6 Å². The lowest BCUT2D eigenvalue weighted by atomic mass is 9.86. The Morgan fingerprint density at radius 3 is 2.32 bits per heavy atom. The molecule has 0 amide bonds. The van der Waals surface area contributed by atoms with E-state index in [-0.39, 0.29) is 76.0 Å². The maximum absolute atomic E-state index is 13.6. The summed E-state index contributed by atoms with van der Waals surface area (Å²) in [4.78, 5) is 31.1. The van der Waals surface area contributed by atoms with Crippen LogP contribution in [0.25, 0.3) is 22.3 Å². The zero-order valence-electron chi connectivity index (χ0n) is 27.8. The molecule has 0 bridgehead atoms. The number of carbonyl (C=O) groups excluding carboxylic acids is 1. The van der Waals surface area contributed by atoms with Gasteiger partial charge in [0.1, 0.15) is 42.9 Å². The van der Waals surface area contributed by atoms with E-state index in [9.17, 15) is 35.1 Å². The first kappa shape index (κ1) is 35.5. The number of hydrogen-bond acceptors (Lipinski definition) is 14. The molecule has 268 valence electrons. The summed E-state index contributed by atoms with van der Waals surface area (Å²) in [6.45, 7) is 2.35. The highest BCUT2D eigenvalue weighted by Crippen LogP contribution is 2.40. The molecule has 2 aliphatic heterocycles. The number of aliphatic hydroxyl groups excluding tert-OH is 4. The van der Waals surface area contributed by atoms with E-state index in [1.54, 1.807) is 29.8 Å². The average Bonchev–Trinajstić information content (AvgIpc) is 3.76. The third-order valence-corrected chi connectivity index (χ3v) is 9.31. The van der Waals surface area contributed by atoms with Crippen LogP contribution in [-0.2, 0) is 50.8 Å². The Morgan fingerprint density at radius 1 is 0.980 bits per heavy atom. The van der Waals surface area contributed by atoms with Crippen molar-refractivity contribution in [2.24, 2.45) is 0 Å². The number of hydrogen-bond donors (Lipinski definition) is 5. The molecule has 0 spiro atoms. The van der Waals surface area contributed by atoms with Crippen molar-refractivity contribution < 1.29 is 49.3 Å². The Balaban J connectivity index is 1.24. The molecule has 0 fully saturated rings. The fourth-order valence-electron chi connectivity index (χ4n) is 6.37. The number of ether oxygens (including phenoxy) is 4. The van der Waals surface area contributed by atoms with Crippen LogP contribution in [-0.4, -0.2) is 108 Å². The van der Waals surface area contributed by atoms with Crippen molar-refractivity contribution in [3.8, 4) is 17.1 Å². The number of rotatable bonds is 16. The SMILES string of the molecule is CCc1c2c(nc3ccc(OCc4cn(C(COC(CO)CO)COC(CO)CO)nn4)cc13)-c1cc3c(c(=O)n1C2)COC(=O)[C@@]3(O)CC. The maximum atomic E-state index is 13.6. The van der Waals surface area contributed by atoms with Crippen LogP contribution in [0, 0.1) is 0 Å². The van der Waals surface area contributed by atoms with E-state index in [2.05, 4.69) is 10.3 Å². The van der Waals surface area contributed by atoms with Gasteiger partial charge in [-0.25, -0.2) is 14.5 Å². The molecular weight excluding hydrogens is 654 g/mol. The first-order chi connectivity index (χ1) is 24.2. The first-order valence-corrected chi connectivity index (χ1v) is 16.5. The van der Waals surface area contributed by atoms with Gasteiger partial charge in [0.25, 0.3) is 5.56 Å². The van der Waals surface area contributed by atoms with E-state index >= 15 is 0 Å². The Morgan fingerprint density at radius 2 is 1.68 bits per heavy atom. The molecule has 1 atom stereocenters. The number of cyclic esters (lactones) is 1. The highest BCUT2D eigenvalue weighted by molar-refractivity contribution is 5.90. The van der Waals surface area contributed by atoms with Crippen LogP contribution >= 0.6 is 0 Å².